The van der Waals surface area contributed by atoms with Gasteiger partial charge in [-0.2, -0.15) is 13.3 Å². The molecular formula is C58H60BN5Pt. The average Bonchev–Trinajstić information content (AvgIpc) is 3.81. The van der Waals surface area contributed by atoms with Gasteiger partial charge in [0, 0.05) is 22.7 Å². The van der Waals surface area contributed by atoms with Crippen LogP contribution in [0.15, 0.2) is 133 Å². The van der Waals surface area contributed by atoms with Crippen LogP contribution in [-0.4, -0.2) is 20.8 Å². The van der Waals surface area contributed by atoms with Crippen LogP contribution in [0.3, 0.4) is 0 Å². The summed E-state index contributed by atoms with van der Waals surface area (Å²) in [6.07, 6.45) is 0. The Kier molecular flexibility index (Phi) is 13.2. The molecule has 0 aliphatic carbocycles. The van der Waals surface area contributed by atoms with Gasteiger partial charge in [0.1, 0.15) is 0 Å². The summed E-state index contributed by atoms with van der Waals surface area (Å²) < 4.78 is 0. The second-order valence-electron chi connectivity index (χ2n) is 18.8. The molecule has 3 aliphatic rings. The molecule has 7 aromatic rings. The van der Waals surface area contributed by atoms with E-state index in [9.17, 15) is 0 Å². The molecule has 0 N–H and O–H groups in total. The Balaban J connectivity index is 0.000000203. The van der Waals surface area contributed by atoms with Gasteiger partial charge in [-0.1, -0.05) is 172 Å². The molecule has 0 unspecified atom stereocenters. The first-order valence-electron chi connectivity index (χ1n) is 22.9. The van der Waals surface area contributed by atoms with Crippen LogP contribution in [0.4, 0.5) is 45.5 Å². The average molecular weight is 1030 g/mol. The standard InChI is InChI=1S/C37H41N4.C21H19BN.Pt/c1-24(2)27-19-31(25(3)4)37(32(20-27)26(5)6)28-17-29(40-22-38(7)33-13-9-11-15-35(33)40)21-30(18-28)41-23-39(8)34-14-10-12-16-36(34)41;1-14-12-15(2)21(16(3)13-14)22-17-8-4-6-10-19(17)23-20-11-7-5-9-18(20)22;/h9-20,22-26H,1-8H3;4-13H,1-3H3;/q-3;-1;+4. The van der Waals surface area contributed by atoms with Crippen molar-refractivity contribution < 1.29 is 21.1 Å². The van der Waals surface area contributed by atoms with Crippen LogP contribution in [0.1, 0.15) is 92.7 Å². The van der Waals surface area contributed by atoms with E-state index in [1.54, 1.807) is 0 Å². The summed E-state index contributed by atoms with van der Waals surface area (Å²) in [5.41, 5.74) is 23.9. The zero-order valence-electron chi connectivity index (χ0n) is 39.7. The maximum absolute atomic E-state index is 4.86. The number of hydrogen-bond donors (Lipinski definition) is 0. The van der Waals surface area contributed by atoms with Crippen molar-refractivity contribution in [1.82, 2.24) is 0 Å². The van der Waals surface area contributed by atoms with Crippen molar-refractivity contribution in [3.63, 3.8) is 0 Å². The fourth-order valence-corrected chi connectivity index (χ4v) is 10.1. The topological polar surface area (TPSA) is 27.1 Å². The van der Waals surface area contributed by atoms with Gasteiger partial charge in [0.2, 0.25) is 6.71 Å². The molecule has 0 fully saturated rings. The van der Waals surface area contributed by atoms with Crippen LogP contribution < -0.4 is 36.0 Å². The van der Waals surface area contributed by atoms with Crippen LogP contribution in [0.25, 0.3) is 16.4 Å². The summed E-state index contributed by atoms with van der Waals surface area (Å²) in [5.74, 6) is 1.27. The van der Waals surface area contributed by atoms with Gasteiger partial charge in [-0.15, -0.1) is 46.5 Å². The van der Waals surface area contributed by atoms with Crippen molar-refractivity contribution >= 4 is 68.6 Å². The number of aryl methyl sites for hydroxylation is 3. The fraction of sp³-hybridized carbons (Fsp3) is 0.241. The van der Waals surface area contributed by atoms with E-state index in [-0.39, 0.29) is 27.8 Å². The zero-order chi connectivity index (χ0) is 45.0. The normalized spacial score (nSPS) is 13.6. The van der Waals surface area contributed by atoms with E-state index in [0.29, 0.717) is 17.8 Å². The van der Waals surface area contributed by atoms with E-state index in [0.717, 1.165) is 22.7 Å². The van der Waals surface area contributed by atoms with Gasteiger partial charge in [0.25, 0.3) is 0 Å². The Morgan fingerprint density at radius 3 is 1.37 bits per heavy atom. The van der Waals surface area contributed by atoms with E-state index < -0.39 is 0 Å². The Hall–Kier alpha value is -5.71. The quantitative estimate of drug-likeness (QED) is 0.117. The molecule has 0 bridgehead atoms. The zero-order valence-corrected chi connectivity index (χ0v) is 42.0. The van der Waals surface area contributed by atoms with Crippen LogP contribution in [0, 0.1) is 40.2 Å². The third-order valence-corrected chi connectivity index (χ3v) is 13.2. The minimum Gasteiger partial charge on any atom is -0.659 e. The molecule has 0 atom stereocenters. The van der Waals surface area contributed by atoms with Crippen molar-refractivity contribution in [2.24, 2.45) is 0 Å². The number of rotatable bonds is 7. The molecule has 3 aliphatic heterocycles. The number of benzene rings is 7. The van der Waals surface area contributed by atoms with E-state index in [1.165, 1.54) is 83.6 Å². The Bertz CT molecular complexity index is 2690. The molecule has 7 aromatic carbocycles. The van der Waals surface area contributed by atoms with Crippen molar-refractivity contribution in [3.05, 3.63) is 192 Å². The number of fused-ring (bicyclic) bond motifs is 4. The van der Waals surface area contributed by atoms with E-state index >= 15 is 0 Å². The van der Waals surface area contributed by atoms with Crippen molar-refractivity contribution in [3.8, 4) is 11.1 Å². The summed E-state index contributed by atoms with van der Waals surface area (Å²) in [5, 5.41) is 4.86. The number of nitrogens with zero attached hydrogens (tertiary/aromatic N) is 5. The van der Waals surface area contributed by atoms with Gasteiger partial charge in [0.05, 0.1) is 0 Å². The second kappa shape index (κ2) is 18.6. The Morgan fingerprint density at radius 1 is 0.523 bits per heavy atom. The van der Waals surface area contributed by atoms with Gasteiger partial charge in [-0.05, 0) is 99.1 Å². The molecule has 0 radical (unpaired) electrons. The van der Waals surface area contributed by atoms with Crippen molar-refractivity contribution in [2.75, 3.05) is 33.7 Å². The monoisotopic (exact) mass is 1030 g/mol. The molecule has 0 aromatic heterocycles. The molecule has 0 spiro atoms. The van der Waals surface area contributed by atoms with Crippen LogP contribution >= 0.6 is 0 Å². The predicted molar refractivity (Wildman–Crippen MR) is 276 cm³/mol. The van der Waals surface area contributed by atoms with Gasteiger partial charge >= 0.3 is 21.1 Å². The largest absolute Gasteiger partial charge is 4.00 e. The smallest absolute Gasteiger partial charge is 0.659 e. The molecule has 330 valence electrons. The van der Waals surface area contributed by atoms with Gasteiger partial charge in [0.15, 0.2) is 0 Å². The van der Waals surface area contributed by atoms with Crippen molar-refractivity contribution in [1.29, 1.82) is 0 Å². The van der Waals surface area contributed by atoms with E-state index in [1.807, 2.05) is 0 Å². The summed E-state index contributed by atoms with van der Waals surface area (Å²) in [4.78, 5) is 8.94. The number of anilines is 6. The third kappa shape index (κ3) is 8.63. The minimum atomic E-state index is 0. The SMILES string of the molecule is CC(C)c1cc(C(C)C)c(-c2cc(N3[CH-]N(C)c4ccccc43)[c-]c(N3[CH-]N(C)c4ccccc43)c2)c(C(C)C)c1.Cc1cc(C)c(B2c3ccccc3[N-]c3ccccc32)c(C)c1.[Pt+4]. The molecule has 0 saturated carbocycles. The molecule has 7 heteroatoms. The Morgan fingerprint density at radius 2 is 0.938 bits per heavy atom. The van der Waals surface area contributed by atoms with Crippen molar-refractivity contribution in [2.45, 2.75) is 80.1 Å². The summed E-state index contributed by atoms with van der Waals surface area (Å²) in [6, 6.07) is 52.2. The summed E-state index contributed by atoms with van der Waals surface area (Å²) >= 11 is 0. The maximum atomic E-state index is 4.86. The fourth-order valence-electron chi connectivity index (χ4n) is 10.1. The van der Waals surface area contributed by atoms with Gasteiger partial charge in [-0.3, -0.25) is 0 Å². The Labute approximate surface area is 403 Å². The molecule has 0 saturated heterocycles. The first-order valence-corrected chi connectivity index (χ1v) is 22.9. The first kappa shape index (κ1) is 45.8. The second-order valence-corrected chi connectivity index (χ2v) is 18.8. The van der Waals surface area contributed by atoms with Gasteiger partial charge in [-0.25, -0.2) is 0 Å². The molecule has 5 nitrogen and oxygen atoms in total. The van der Waals surface area contributed by atoms with E-state index in [2.05, 4.69) is 249 Å². The minimum absolute atomic E-state index is 0. The van der Waals surface area contributed by atoms with Gasteiger partial charge < -0.3 is 24.9 Å². The van der Waals surface area contributed by atoms with Crippen LogP contribution in [0.5, 0.6) is 0 Å². The summed E-state index contributed by atoms with van der Waals surface area (Å²) in [6.45, 7) is 25.1. The predicted octanol–water partition coefficient (Wildman–Crippen LogP) is 13.7. The third-order valence-electron chi connectivity index (χ3n) is 13.2. The first-order chi connectivity index (χ1) is 30.8. The molecule has 65 heavy (non-hydrogen) atoms. The molecule has 10 rings (SSSR count). The molecule has 0 amide bonds. The van der Waals surface area contributed by atoms with E-state index in [4.69, 9.17) is 5.32 Å². The van der Waals surface area contributed by atoms with Crippen LogP contribution in [0.2, 0.25) is 0 Å². The summed E-state index contributed by atoms with van der Waals surface area (Å²) in [7, 11) is 4.23. The number of hydrogen-bond acceptors (Lipinski definition) is 4. The molecular weight excluding hydrogens is 973 g/mol. The number of para-hydroxylation sites is 6. The maximum Gasteiger partial charge on any atom is 4.00 e. The molecule has 3 heterocycles. The van der Waals surface area contributed by atoms with Crippen LogP contribution in [-0.2, 0) is 21.1 Å².